The normalized spacial score (nSPS) is 12.3. The highest BCUT2D eigenvalue weighted by atomic mass is 16.6. The van der Waals surface area contributed by atoms with Crippen molar-refractivity contribution in [2.24, 2.45) is 5.73 Å². The number of ether oxygens (including phenoxy) is 3. The highest BCUT2D eigenvalue weighted by Gasteiger charge is 2.23. The maximum Gasteiger partial charge on any atom is 0.412 e. The quantitative estimate of drug-likeness (QED) is 0.827. The van der Waals surface area contributed by atoms with Crippen LogP contribution in [-0.4, -0.2) is 31.9 Å². The third-order valence-corrected chi connectivity index (χ3v) is 2.68. The summed E-state index contributed by atoms with van der Waals surface area (Å²) in [6.07, 6.45) is -0.643. The molecule has 0 bridgehead atoms. The van der Waals surface area contributed by atoms with Gasteiger partial charge in [-0.1, -0.05) is 0 Å². The van der Waals surface area contributed by atoms with Gasteiger partial charge in [0, 0.05) is 11.3 Å². The highest BCUT2D eigenvalue weighted by Crippen LogP contribution is 2.27. The number of anilines is 1. The molecular formula is C15H22N2O5. The van der Waals surface area contributed by atoms with E-state index < -0.39 is 23.7 Å². The molecule has 1 rings (SSSR count). The molecule has 0 radical (unpaired) electrons. The number of carbonyl (C=O) groups is 2. The van der Waals surface area contributed by atoms with Gasteiger partial charge in [0.1, 0.15) is 17.4 Å². The fraction of sp³-hybridized carbons (Fsp3) is 0.467. The monoisotopic (exact) mass is 310 g/mol. The van der Waals surface area contributed by atoms with Gasteiger partial charge >= 0.3 is 12.1 Å². The van der Waals surface area contributed by atoms with E-state index in [0.717, 1.165) is 0 Å². The summed E-state index contributed by atoms with van der Waals surface area (Å²) in [5.74, 6) is -0.121. The van der Waals surface area contributed by atoms with Crippen molar-refractivity contribution in [2.75, 3.05) is 19.5 Å². The third kappa shape index (κ3) is 4.92. The molecular weight excluding hydrogens is 288 g/mol. The van der Waals surface area contributed by atoms with Crippen molar-refractivity contribution in [2.45, 2.75) is 32.4 Å². The van der Waals surface area contributed by atoms with Gasteiger partial charge in [0.2, 0.25) is 0 Å². The van der Waals surface area contributed by atoms with Crippen LogP contribution in [0, 0.1) is 0 Å². The van der Waals surface area contributed by atoms with Crippen LogP contribution in [0.3, 0.4) is 0 Å². The van der Waals surface area contributed by atoms with E-state index >= 15 is 0 Å². The van der Waals surface area contributed by atoms with Gasteiger partial charge in [0.25, 0.3) is 0 Å². The van der Waals surface area contributed by atoms with Gasteiger partial charge in [-0.25, -0.2) is 4.79 Å². The number of esters is 1. The first-order valence-electron chi connectivity index (χ1n) is 6.69. The lowest BCUT2D eigenvalue weighted by atomic mass is 10.0. The van der Waals surface area contributed by atoms with Crippen LogP contribution in [0.15, 0.2) is 18.2 Å². The molecule has 0 spiro atoms. The summed E-state index contributed by atoms with van der Waals surface area (Å²) in [4.78, 5) is 23.5. The third-order valence-electron chi connectivity index (χ3n) is 2.68. The molecule has 1 unspecified atom stereocenters. The van der Waals surface area contributed by atoms with Gasteiger partial charge in [-0.15, -0.1) is 0 Å². The Bertz CT molecular complexity index is 551. The number of nitrogens with one attached hydrogen (secondary N) is 1. The van der Waals surface area contributed by atoms with Gasteiger partial charge in [0.05, 0.1) is 14.2 Å². The number of benzene rings is 1. The molecule has 1 aromatic carbocycles. The predicted octanol–water partition coefficient (Wildman–Crippen LogP) is 2.21. The van der Waals surface area contributed by atoms with Crippen LogP contribution in [0.5, 0.6) is 5.75 Å². The Morgan fingerprint density at radius 3 is 2.36 bits per heavy atom. The molecule has 7 nitrogen and oxygen atoms in total. The first-order valence-corrected chi connectivity index (χ1v) is 6.69. The number of rotatable bonds is 4. The number of carbonyl (C=O) groups excluding carboxylic acids is 2. The maximum atomic E-state index is 11.9. The molecule has 0 fully saturated rings. The minimum atomic E-state index is -1.05. The van der Waals surface area contributed by atoms with E-state index in [-0.39, 0.29) is 0 Å². The van der Waals surface area contributed by atoms with Crippen molar-refractivity contribution < 1.29 is 23.8 Å². The van der Waals surface area contributed by atoms with Crippen molar-refractivity contribution in [3.05, 3.63) is 23.8 Å². The number of nitrogens with two attached hydrogens (primary N) is 1. The van der Waals surface area contributed by atoms with Gasteiger partial charge in [-0.2, -0.15) is 0 Å². The number of methoxy groups -OCH3 is 2. The summed E-state index contributed by atoms with van der Waals surface area (Å²) in [6.45, 7) is 5.26. The van der Waals surface area contributed by atoms with Gasteiger partial charge < -0.3 is 19.9 Å². The van der Waals surface area contributed by atoms with Crippen LogP contribution >= 0.6 is 0 Å². The smallest absolute Gasteiger partial charge is 0.412 e. The second kappa shape index (κ2) is 7.13. The molecule has 1 aromatic rings. The molecule has 0 heterocycles. The summed E-state index contributed by atoms with van der Waals surface area (Å²) in [5, 5.41) is 2.57. The van der Waals surface area contributed by atoms with E-state index in [9.17, 15) is 9.59 Å². The van der Waals surface area contributed by atoms with E-state index in [2.05, 4.69) is 10.1 Å². The lowest BCUT2D eigenvalue weighted by Gasteiger charge is -2.21. The molecule has 0 aliphatic carbocycles. The molecule has 0 saturated carbocycles. The van der Waals surface area contributed by atoms with E-state index in [1.165, 1.54) is 14.2 Å². The zero-order valence-electron chi connectivity index (χ0n) is 13.4. The zero-order valence-corrected chi connectivity index (χ0v) is 13.4. The molecule has 3 N–H and O–H groups in total. The second-order valence-corrected chi connectivity index (χ2v) is 5.58. The molecule has 0 aromatic heterocycles. The summed E-state index contributed by atoms with van der Waals surface area (Å²) >= 11 is 0. The molecule has 0 aliphatic heterocycles. The van der Waals surface area contributed by atoms with E-state index in [1.54, 1.807) is 39.0 Å². The van der Waals surface area contributed by atoms with E-state index in [4.69, 9.17) is 15.2 Å². The lowest BCUT2D eigenvalue weighted by Crippen LogP contribution is -2.29. The first-order chi connectivity index (χ1) is 10.2. The van der Waals surface area contributed by atoms with Crippen LogP contribution in [0.25, 0.3) is 0 Å². The second-order valence-electron chi connectivity index (χ2n) is 5.58. The predicted molar refractivity (Wildman–Crippen MR) is 81.8 cm³/mol. The number of hydrogen-bond acceptors (Lipinski definition) is 6. The Hall–Kier alpha value is -2.28. The fourth-order valence-electron chi connectivity index (χ4n) is 1.71. The molecule has 7 heteroatoms. The standard InChI is InChI=1S/C15H22N2O5/c1-15(2,3)22-14(19)17-11-7-6-9(20-4)8-10(11)12(16)13(18)21-5/h6-8,12H,16H2,1-5H3,(H,17,19). The minimum absolute atomic E-state index is 0.355. The average molecular weight is 310 g/mol. The van der Waals surface area contributed by atoms with Crippen molar-refractivity contribution in [3.63, 3.8) is 0 Å². The molecule has 1 amide bonds. The summed E-state index contributed by atoms with van der Waals surface area (Å²) in [6, 6.07) is 3.74. The van der Waals surface area contributed by atoms with Crippen molar-refractivity contribution in [1.82, 2.24) is 0 Å². The van der Waals surface area contributed by atoms with Crippen LogP contribution in [0.4, 0.5) is 10.5 Å². The zero-order chi connectivity index (χ0) is 16.9. The van der Waals surface area contributed by atoms with Crippen LogP contribution < -0.4 is 15.8 Å². The summed E-state index contributed by atoms with van der Waals surface area (Å²) < 4.78 is 14.9. The fourth-order valence-corrected chi connectivity index (χ4v) is 1.71. The lowest BCUT2D eigenvalue weighted by molar-refractivity contribution is -0.142. The van der Waals surface area contributed by atoms with Crippen molar-refractivity contribution >= 4 is 17.7 Å². The Labute approximate surface area is 129 Å². The van der Waals surface area contributed by atoms with Crippen LogP contribution in [0.1, 0.15) is 32.4 Å². The SMILES string of the molecule is COC(=O)C(N)c1cc(OC)ccc1NC(=O)OC(C)(C)C. The summed E-state index contributed by atoms with van der Waals surface area (Å²) in [7, 11) is 2.73. The maximum absolute atomic E-state index is 11.9. The Morgan fingerprint density at radius 1 is 1.23 bits per heavy atom. The number of hydrogen-bond donors (Lipinski definition) is 2. The largest absolute Gasteiger partial charge is 0.497 e. The van der Waals surface area contributed by atoms with E-state index in [1.807, 2.05) is 0 Å². The minimum Gasteiger partial charge on any atom is -0.497 e. The Kier molecular flexibility index (Phi) is 5.76. The Balaban J connectivity index is 3.08. The van der Waals surface area contributed by atoms with Gasteiger partial charge in [-0.05, 0) is 39.0 Å². The average Bonchev–Trinajstić information content (AvgIpc) is 2.44. The highest BCUT2D eigenvalue weighted by molar-refractivity contribution is 5.88. The van der Waals surface area contributed by atoms with Gasteiger partial charge in [0.15, 0.2) is 0 Å². The van der Waals surface area contributed by atoms with E-state index in [0.29, 0.717) is 17.0 Å². The molecule has 0 aliphatic rings. The van der Waals surface area contributed by atoms with Crippen molar-refractivity contribution in [1.29, 1.82) is 0 Å². The van der Waals surface area contributed by atoms with Gasteiger partial charge in [-0.3, -0.25) is 10.1 Å². The van der Waals surface area contributed by atoms with Crippen molar-refractivity contribution in [3.8, 4) is 5.75 Å². The van der Waals surface area contributed by atoms with Crippen LogP contribution in [-0.2, 0) is 14.3 Å². The summed E-state index contributed by atoms with van der Waals surface area (Å²) in [5.41, 5.74) is 5.94. The molecule has 22 heavy (non-hydrogen) atoms. The van der Waals surface area contributed by atoms with Crippen LogP contribution in [0.2, 0.25) is 0 Å². The molecule has 1 atom stereocenters. The molecule has 0 saturated heterocycles. The topological polar surface area (TPSA) is 99.9 Å². The first kappa shape index (κ1) is 17.8. The molecule has 122 valence electrons. The number of amides is 1. The Morgan fingerprint density at radius 2 is 1.86 bits per heavy atom.